The van der Waals surface area contributed by atoms with Crippen LogP contribution in [0.2, 0.25) is 0 Å². The maximum absolute atomic E-state index is 12.7. The molecule has 1 N–H and O–H groups in total. The molecule has 0 amide bonds. The highest BCUT2D eigenvalue weighted by atomic mass is 19.4. The number of hydrogen-bond acceptors (Lipinski definition) is 4. The van der Waals surface area contributed by atoms with Gasteiger partial charge in [0.15, 0.2) is 0 Å². The van der Waals surface area contributed by atoms with Gasteiger partial charge in [0.1, 0.15) is 5.41 Å². The second-order valence-corrected chi connectivity index (χ2v) is 4.38. The molecule has 3 rings (SSSR count). The average Bonchev–Trinajstić information content (AvgIpc) is 2.79. The predicted octanol–water partition coefficient (Wildman–Crippen LogP) is 1.35. The number of nitrogens with one attached hydrogen (secondary N) is 1. The fourth-order valence-electron chi connectivity index (χ4n) is 1.80. The van der Waals surface area contributed by atoms with E-state index in [-0.39, 0.29) is 24.7 Å². The zero-order valence-corrected chi connectivity index (χ0v) is 8.34. The van der Waals surface area contributed by atoms with E-state index in [0.29, 0.717) is 19.0 Å². The minimum atomic E-state index is -4.28. The zero-order chi connectivity index (χ0) is 11.4. The highest BCUT2D eigenvalue weighted by Gasteiger charge is 2.68. The van der Waals surface area contributed by atoms with E-state index in [1.807, 2.05) is 0 Å². The molecule has 88 valence electrons. The standard InChI is InChI=1S/C9H10F3N3O/c10-9(11,12)8(1-2-8)7-15-14-6(16-7)5-3-13-4-5/h5,13H,1-4H2. The number of hydrogen-bond donors (Lipinski definition) is 1. The van der Waals surface area contributed by atoms with Crippen LogP contribution in [0.1, 0.15) is 30.5 Å². The molecule has 0 bridgehead atoms. The minimum absolute atomic E-state index is 0.0566. The van der Waals surface area contributed by atoms with Gasteiger partial charge in [-0.25, -0.2) is 0 Å². The molecule has 1 saturated heterocycles. The Labute approximate surface area is 89.2 Å². The molecule has 2 aliphatic rings. The first-order chi connectivity index (χ1) is 7.53. The highest BCUT2D eigenvalue weighted by Crippen LogP contribution is 2.58. The maximum atomic E-state index is 12.7. The van der Waals surface area contributed by atoms with Gasteiger partial charge in [-0.15, -0.1) is 10.2 Å². The van der Waals surface area contributed by atoms with Crippen molar-refractivity contribution in [3.63, 3.8) is 0 Å². The van der Waals surface area contributed by atoms with Crippen LogP contribution in [0.5, 0.6) is 0 Å². The van der Waals surface area contributed by atoms with Gasteiger partial charge in [-0.3, -0.25) is 0 Å². The summed E-state index contributed by atoms with van der Waals surface area (Å²) in [4.78, 5) is 0. The molecular weight excluding hydrogens is 223 g/mol. The predicted molar refractivity (Wildman–Crippen MR) is 46.9 cm³/mol. The number of aromatic nitrogens is 2. The highest BCUT2D eigenvalue weighted by molar-refractivity contribution is 5.19. The number of nitrogens with zero attached hydrogens (tertiary/aromatic N) is 2. The van der Waals surface area contributed by atoms with Gasteiger partial charge in [-0.2, -0.15) is 13.2 Å². The molecule has 7 heteroatoms. The summed E-state index contributed by atoms with van der Waals surface area (Å²) >= 11 is 0. The molecule has 1 aliphatic carbocycles. The second-order valence-electron chi connectivity index (χ2n) is 4.38. The summed E-state index contributed by atoms with van der Waals surface area (Å²) in [5.41, 5.74) is -1.85. The lowest BCUT2D eigenvalue weighted by Crippen LogP contribution is -2.40. The lowest BCUT2D eigenvalue weighted by atomic mass is 10.0. The first-order valence-electron chi connectivity index (χ1n) is 5.14. The summed E-state index contributed by atoms with van der Waals surface area (Å²) in [6.45, 7) is 1.39. The van der Waals surface area contributed by atoms with Gasteiger partial charge in [0.05, 0.1) is 5.92 Å². The normalized spacial score (nSPS) is 24.2. The van der Waals surface area contributed by atoms with E-state index in [1.165, 1.54) is 0 Å². The van der Waals surface area contributed by atoms with Gasteiger partial charge in [0, 0.05) is 13.1 Å². The Kier molecular flexibility index (Phi) is 1.87. The molecule has 0 aromatic carbocycles. The lowest BCUT2D eigenvalue weighted by molar-refractivity contribution is -0.165. The number of rotatable bonds is 2. The first-order valence-corrected chi connectivity index (χ1v) is 5.14. The molecule has 0 unspecified atom stereocenters. The van der Waals surface area contributed by atoms with Crippen molar-refractivity contribution in [3.05, 3.63) is 11.8 Å². The number of halogens is 3. The van der Waals surface area contributed by atoms with Crippen LogP contribution < -0.4 is 5.32 Å². The molecule has 1 aromatic rings. The lowest BCUT2D eigenvalue weighted by Gasteiger charge is -2.23. The van der Waals surface area contributed by atoms with Crippen LogP contribution in [-0.2, 0) is 5.41 Å². The summed E-state index contributed by atoms with van der Waals surface area (Å²) < 4.78 is 43.4. The van der Waals surface area contributed by atoms with E-state index < -0.39 is 11.6 Å². The Morgan fingerprint density at radius 2 is 1.94 bits per heavy atom. The van der Waals surface area contributed by atoms with Crippen molar-refractivity contribution in [1.29, 1.82) is 0 Å². The van der Waals surface area contributed by atoms with Crippen molar-refractivity contribution in [1.82, 2.24) is 15.5 Å². The Morgan fingerprint density at radius 3 is 2.38 bits per heavy atom. The van der Waals surface area contributed by atoms with Gasteiger partial charge in [-0.1, -0.05) is 0 Å². The second kappa shape index (κ2) is 2.97. The summed E-state index contributed by atoms with van der Waals surface area (Å²) in [6, 6.07) is 0. The topological polar surface area (TPSA) is 51.0 Å². The Morgan fingerprint density at radius 1 is 1.25 bits per heavy atom. The molecule has 0 radical (unpaired) electrons. The van der Waals surface area contributed by atoms with Crippen LogP contribution in [0, 0.1) is 0 Å². The van der Waals surface area contributed by atoms with Gasteiger partial charge < -0.3 is 9.73 Å². The van der Waals surface area contributed by atoms with Crippen molar-refractivity contribution in [3.8, 4) is 0 Å². The fraction of sp³-hybridized carbons (Fsp3) is 0.778. The summed E-state index contributed by atoms with van der Waals surface area (Å²) in [5.74, 6) is 0.136. The summed E-state index contributed by atoms with van der Waals surface area (Å²) in [7, 11) is 0. The molecule has 4 nitrogen and oxygen atoms in total. The van der Waals surface area contributed by atoms with Crippen molar-refractivity contribution >= 4 is 0 Å². The Bertz CT molecular complexity index is 406. The van der Waals surface area contributed by atoms with Crippen molar-refractivity contribution < 1.29 is 17.6 Å². The van der Waals surface area contributed by atoms with Gasteiger partial charge >= 0.3 is 6.18 Å². The smallest absolute Gasteiger partial charge is 0.403 e. The third kappa shape index (κ3) is 1.27. The third-order valence-electron chi connectivity index (χ3n) is 3.27. The zero-order valence-electron chi connectivity index (χ0n) is 8.34. The largest absolute Gasteiger partial charge is 0.424 e. The van der Waals surface area contributed by atoms with Gasteiger partial charge in [0.2, 0.25) is 11.8 Å². The molecule has 0 spiro atoms. The molecule has 2 heterocycles. The van der Waals surface area contributed by atoms with E-state index >= 15 is 0 Å². The van der Waals surface area contributed by atoms with Crippen LogP contribution in [0.3, 0.4) is 0 Å². The van der Waals surface area contributed by atoms with Crippen molar-refractivity contribution in [2.75, 3.05) is 13.1 Å². The molecule has 16 heavy (non-hydrogen) atoms. The SMILES string of the molecule is FC(F)(F)C1(c2nnc(C3CNC3)o2)CC1. The molecule has 0 atom stereocenters. The Balaban J connectivity index is 1.87. The van der Waals surface area contributed by atoms with Crippen molar-refractivity contribution in [2.45, 2.75) is 30.4 Å². The van der Waals surface area contributed by atoms with E-state index in [9.17, 15) is 13.2 Å². The van der Waals surface area contributed by atoms with E-state index in [2.05, 4.69) is 15.5 Å². The molecular formula is C9H10F3N3O. The van der Waals surface area contributed by atoms with E-state index in [4.69, 9.17) is 4.42 Å². The monoisotopic (exact) mass is 233 g/mol. The van der Waals surface area contributed by atoms with Crippen molar-refractivity contribution in [2.24, 2.45) is 0 Å². The molecule has 1 saturated carbocycles. The maximum Gasteiger partial charge on any atom is 0.403 e. The average molecular weight is 233 g/mol. The summed E-state index contributed by atoms with van der Waals surface area (Å²) in [6.07, 6.45) is -4.17. The molecule has 1 aromatic heterocycles. The van der Waals surface area contributed by atoms with Crippen LogP contribution in [0.4, 0.5) is 13.2 Å². The van der Waals surface area contributed by atoms with Crippen LogP contribution in [-0.4, -0.2) is 29.5 Å². The third-order valence-corrected chi connectivity index (χ3v) is 3.27. The molecule has 1 aliphatic heterocycles. The van der Waals surface area contributed by atoms with Crippen LogP contribution >= 0.6 is 0 Å². The van der Waals surface area contributed by atoms with Crippen LogP contribution in [0.15, 0.2) is 4.42 Å². The fourth-order valence-corrected chi connectivity index (χ4v) is 1.80. The van der Waals surface area contributed by atoms with E-state index in [0.717, 1.165) is 0 Å². The van der Waals surface area contributed by atoms with Gasteiger partial charge in [-0.05, 0) is 12.8 Å². The van der Waals surface area contributed by atoms with Crippen LogP contribution in [0.25, 0.3) is 0 Å². The quantitative estimate of drug-likeness (QED) is 0.837. The van der Waals surface area contributed by atoms with E-state index in [1.54, 1.807) is 0 Å². The first kappa shape index (κ1) is 10.1. The Hall–Kier alpha value is -1.11. The molecule has 2 fully saturated rings. The van der Waals surface area contributed by atoms with Gasteiger partial charge in [0.25, 0.3) is 0 Å². The minimum Gasteiger partial charge on any atom is -0.424 e. The number of alkyl halides is 3. The summed E-state index contributed by atoms with van der Waals surface area (Å²) in [5, 5.41) is 10.3.